The number of rotatable bonds is 5. The number of hydrogen-bond donors (Lipinski definition) is 2. The number of amides is 1. The van der Waals surface area contributed by atoms with Crippen LogP contribution in [0.2, 0.25) is 0 Å². The molecule has 5 heteroatoms. The van der Waals surface area contributed by atoms with Gasteiger partial charge in [0.15, 0.2) is 0 Å². The van der Waals surface area contributed by atoms with E-state index in [2.05, 4.69) is 20.6 Å². The first-order chi connectivity index (χ1) is 12.5. The summed E-state index contributed by atoms with van der Waals surface area (Å²) >= 11 is 0. The number of carbonyl (C=O) groups is 1. The lowest BCUT2D eigenvalue weighted by Crippen LogP contribution is -2.26. The van der Waals surface area contributed by atoms with Crippen LogP contribution in [-0.4, -0.2) is 15.9 Å². The maximum Gasteiger partial charge on any atom is 0.251 e. The molecule has 3 rings (SSSR count). The minimum Gasteiger partial charge on any atom is -0.346 e. The van der Waals surface area contributed by atoms with Crippen LogP contribution in [0.25, 0.3) is 0 Å². The number of nitrogens with one attached hydrogen (secondary N) is 2. The molecule has 0 saturated heterocycles. The molecule has 0 bridgehead atoms. The molecule has 132 valence electrons. The van der Waals surface area contributed by atoms with Gasteiger partial charge >= 0.3 is 0 Å². The fourth-order valence-electron chi connectivity index (χ4n) is 2.72. The molecule has 1 amide bonds. The van der Waals surface area contributed by atoms with Crippen LogP contribution in [0.1, 0.15) is 40.3 Å². The third-order valence-corrected chi connectivity index (χ3v) is 4.03. The van der Waals surface area contributed by atoms with Gasteiger partial charge in [0.1, 0.15) is 0 Å². The highest BCUT2D eigenvalue weighted by atomic mass is 16.1. The Bertz CT molecular complexity index is 871. The molecule has 1 heterocycles. The Balaban J connectivity index is 1.66. The first kappa shape index (κ1) is 17.6. The van der Waals surface area contributed by atoms with Crippen molar-refractivity contribution in [2.24, 2.45) is 0 Å². The van der Waals surface area contributed by atoms with E-state index in [0.717, 1.165) is 22.6 Å². The molecule has 2 N–H and O–H groups in total. The summed E-state index contributed by atoms with van der Waals surface area (Å²) in [5.74, 6) is 0.452. The van der Waals surface area contributed by atoms with Crippen LogP contribution in [0, 0.1) is 13.8 Å². The zero-order valence-corrected chi connectivity index (χ0v) is 15.2. The second-order valence-corrected chi connectivity index (χ2v) is 6.28. The maximum absolute atomic E-state index is 12.4. The van der Waals surface area contributed by atoms with Crippen molar-refractivity contribution >= 4 is 17.5 Å². The topological polar surface area (TPSA) is 66.9 Å². The molecule has 1 atom stereocenters. The van der Waals surface area contributed by atoms with Crippen LogP contribution < -0.4 is 10.6 Å². The van der Waals surface area contributed by atoms with Crippen molar-refractivity contribution in [3.63, 3.8) is 0 Å². The number of aryl methyl sites for hydroxylation is 2. The third kappa shape index (κ3) is 4.45. The number of benzene rings is 2. The van der Waals surface area contributed by atoms with Crippen LogP contribution in [0.3, 0.4) is 0 Å². The van der Waals surface area contributed by atoms with Gasteiger partial charge in [-0.05, 0) is 56.7 Å². The van der Waals surface area contributed by atoms with E-state index in [-0.39, 0.29) is 11.9 Å². The van der Waals surface area contributed by atoms with Crippen molar-refractivity contribution in [1.82, 2.24) is 15.3 Å². The van der Waals surface area contributed by atoms with Gasteiger partial charge in [-0.3, -0.25) is 4.79 Å². The van der Waals surface area contributed by atoms with Gasteiger partial charge in [-0.15, -0.1) is 0 Å². The lowest BCUT2D eigenvalue weighted by atomic mass is 10.1. The monoisotopic (exact) mass is 346 g/mol. The second kappa shape index (κ2) is 7.78. The van der Waals surface area contributed by atoms with Crippen LogP contribution in [0.4, 0.5) is 11.6 Å². The summed E-state index contributed by atoms with van der Waals surface area (Å²) in [6.45, 7) is 5.84. The van der Waals surface area contributed by atoms with Crippen molar-refractivity contribution in [2.75, 3.05) is 5.32 Å². The van der Waals surface area contributed by atoms with Gasteiger partial charge in [-0.1, -0.05) is 30.3 Å². The first-order valence-corrected chi connectivity index (χ1v) is 8.56. The summed E-state index contributed by atoms with van der Waals surface area (Å²) in [4.78, 5) is 21.1. The molecule has 0 radical (unpaired) electrons. The Morgan fingerprint density at radius 3 is 2.15 bits per heavy atom. The Hall–Kier alpha value is -3.21. The van der Waals surface area contributed by atoms with E-state index in [1.54, 1.807) is 12.1 Å². The number of anilines is 2. The smallest absolute Gasteiger partial charge is 0.251 e. The van der Waals surface area contributed by atoms with Gasteiger partial charge in [0.25, 0.3) is 5.91 Å². The highest BCUT2D eigenvalue weighted by molar-refractivity contribution is 5.94. The summed E-state index contributed by atoms with van der Waals surface area (Å²) in [6.07, 6.45) is 0. The van der Waals surface area contributed by atoms with Crippen LogP contribution in [0.5, 0.6) is 0 Å². The van der Waals surface area contributed by atoms with Crippen LogP contribution in [-0.2, 0) is 0 Å². The Morgan fingerprint density at radius 2 is 1.54 bits per heavy atom. The highest BCUT2D eigenvalue weighted by Gasteiger charge is 2.11. The summed E-state index contributed by atoms with van der Waals surface area (Å²) in [7, 11) is 0. The Kier molecular flexibility index (Phi) is 5.27. The lowest BCUT2D eigenvalue weighted by molar-refractivity contribution is 0.0940. The molecule has 3 aromatic rings. The fourth-order valence-corrected chi connectivity index (χ4v) is 2.72. The number of nitrogens with zero attached hydrogens (tertiary/aromatic N) is 2. The molecular weight excluding hydrogens is 324 g/mol. The number of hydrogen-bond acceptors (Lipinski definition) is 4. The van der Waals surface area contributed by atoms with Gasteiger partial charge < -0.3 is 10.6 Å². The second-order valence-electron chi connectivity index (χ2n) is 6.28. The van der Waals surface area contributed by atoms with E-state index >= 15 is 0 Å². The van der Waals surface area contributed by atoms with Crippen molar-refractivity contribution in [3.05, 3.63) is 83.2 Å². The average Bonchev–Trinajstić information content (AvgIpc) is 2.62. The van der Waals surface area contributed by atoms with Crippen LogP contribution >= 0.6 is 0 Å². The standard InChI is InChI=1S/C21H22N4O/c1-14-13-15(2)23-21(22-14)25-19-11-9-18(10-12-19)20(26)24-16(3)17-7-5-4-6-8-17/h4-13,16H,1-3H3,(H,24,26)(H,22,23,25)/t16-/m1/s1. The van der Waals surface area contributed by atoms with Gasteiger partial charge in [-0.2, -0.15) is 0 Å². The molecule has 5 nitrogen and oxygen atoms in total. The maximum atomic E-state index is 12.4. The minimum absolute atomic E-state index is 0.0508. The number of aromatic nitrogens is 2. The third-order valence-electron chi connectivity index (χ3n) is 4.03. The largest absolute Gasteiger partial charge is 0.346 e. The molecule has 0 unspecified atom stereocenters. The van der Waals surface area contributed by atoms with E-state index in [4.69, 9.17) is 0 Å². The molecule has 26 heavy (non-hydrogen) atoms. The minimum atomic E-state index is -0.101. The van der Waals surface area contributed by atoms with Gasteiger partial charge in [0.05, 0.1) is 6.04 Å². The van der Waals surface area contributed by atoms with E-state index in [1.807, 2.05) is 69.3 Å². The summed E-state index contributed by atoms with van der Waals surface area (Å²) in [5, 5.41) is 6.18. The van der Waals surface area contributed by atoms with Crippen molar-refractivity contribution in [2.45, 2.75) is 26.8 Å². The molecule has 0 aliphatic heterocycles. The zero-order chi connectivity index (χ0) is 18.5. The molecule has 0 saturated carbocycles. The average molecular weight is 346 g/mol. The summed E-state index contributed by atoms with van der Waals surface area (Å²) in [6, 6.07) is 19.0. The predicted molar refractivity (Wildman–Crippen MR) is 104 cm³/mol. The molecule has 0 aliphatic carbocycles. The van der Waals surface area contributed by atoms with Crippen molar-refractivity contribution in [3.8, 4) is 0 Å². The fraction of sp³-hybridized carbons (Fsp3) is 0.190. The molecule has 0 spiro atoms. The zero-order valence-electron chi connectivity index (χ0n) is 15.2. The Morgan fingerprint density at radius 1 is 0.923 bits per heavy atom. The normalized spacial score (nSPS) is 11.7. The summed E-state index contributed by atoms with van der Waals surface area (Å²) in [5.41, 5.74) is 4.34. The quantitative estimate of drug-likeness (QED) is 0.722. The lowest BCUT2D eigenvalue weighted by Gasteiger charge is -2.14. The molecule has 2 aromatic carbocycles. The summed E-state index contributed by atoms with van der Waals surface area (Å²) < 4.78 is 0. The Labute approximate surface area is 153 Å². The molecule has 0 aliphatic rings. The van der Waals surface area contributed by atoms with E-state index in [1.165, 1.54) is 0 Å². The van der Waals surface area contributed by atoms with E-state index in [0.29, 0.717) is 11.5 Å². The highest BCUT2D eigenvalue weighted by Crippen LogP contribution is 2.16. The van der Waals surface area contributed by atoms with Crippen molar-refractivity contribution in [1.29, 1.82) is 0 Å². The number of carbonyl (C=O) groups excluding carboxylic acids is 1. The molecule has 1 aromatic heterocycles. The van der Waals surface area contributed by atoms with Gasteiger partial charge in [-0.25, -0.2) is 9.97 Å². The van der Waals surface area contributed by atoms with E-state index in [9.17, 15) is 4.79 Å². The van der Waals surface area contributed by atoms with Gasteiger partial charge in [0, 0.05) is 22.6 Å². The predicted octanol–water partition coefficient (Wildman–Crippen LogP) is 4.33. The first-order valence-electron chi connectivity index (χ1n) is 8.56. The molecular formula is C21H22N4O. The SMILES string of the molecule is Cc1cc(C)nc(Nc2ccc(C(=O)N[C@H](C)c3ccccc3)cc2)n1. The van der Waals surface area contributed by atoms with E-state index < -0.39 is 0 Å². The molecule has 0 fully saturated rings. The van der Waals surface area contributed by atoms with Crippen molar-refractivity contribution < 1.29 is 4.79 Å². The van der Waals surface area contributed by atoms with Gasteiger partial charge in [0.2, 0.25) is 5.95 Å². The van der Waals surface area contributed by atoms with Crippen LogP contribution in [0.15, 0.2) is 60.7 Å².